The summed E-state index contributed by atoms with van der Waals surface area (Å²) in [4.78, 5) is 8.82. The van der Waals surface area contributed by atoms with E-state index in [-0.39, 0.29) is 0 Å². The summed E-state index contributed by atoms with van der Waals surface area (Å²) >= 11 is 3.43. The number of anilines is 1. The molecule has 1 aromatic heterocycles. The Morgan fingerprint density at radius 2 is 2.15 bits per heavy atom. The van der Waals surface area contributed by atoms with E-state index in [1.54, 1.807) is 6.20 Å². The van der Waals surface area contributed by atoms with Gasteiger partial charge in [-0.2, -0.15) is 5.10 Å². The molecule has 0 saturated carbocycles. The molecule has 1 N–H and O–H groups in total. The molecule has 1 aliphatic heterocycles. The first kappa shape index (κ1) is 13.5. The lowest BCUT2D eigenvalue weighted by molar-refractivity contribution is 0.0838. The highest BCUT2D eigenvalue weighted by Gasteiger charge is 2.10. The van der Waals surface area contributed by atoms with E-state index < -0.39 is 0 Å². The van der Waals surface area contributed by atoms with E-state index >= 15 is 0 Å². The van der Waals surface area contributed by atoms with Gasteiger partial charge >= 0.3 is 0 Å². The highest BCUT2D eigenvalue weighted by Crippen LogP contribution is 2.18. The van der Waals surface area contributed by atoms with Crippen LogP contribution < -0.4 is 5.43 Å². The molecule has 1 aromatic carbocycles. The molecule has 0 bridgehead atoms. The Balaban J connectivity index is 1.69. The van der Waals surface area contributed by atoms with E-state index in [4.69, 9.17) is 4.74 Å². The van der Waals surface area contributed by atoms with Crippen molar-refractivity contribution < 1.29 is 4.74 Å². The fourth-order valence-electron chi connectivity index (χ4n) is 2.11. The fraction of sp³-hybridized carbons (Fsp3) is 0.357. The van der Waals surface area contributed by atoms with Gasteiger partial charge in [0.25, 0.3) is 0 Å². The third kappa shape index (κ3) is 3.32. The Morgan fingerprint density at radius 1 is 1.30 bits per heavy atom. The van der Waals surface area contributed by atoms with E-state index in [1.165, 1.54) is 0 Å². The van der Waals surface area contributed by atoms with Crippen LogP contribution in [0.4, 0.5) is 5.82 Å². The Morgan fingerprint density at radius 3 is 3.00 bits per heavy atom. The second kappa shape index (κ2) is 6.28. The van der Waals surface area contributed by atoms with Crippen molar-refractivity contribution in [1.29, 1.82) is 0 Å². The quantitative estimate of drug-likeness (QED) is 0.691. The molecule has 0 amide bonds. The molecule has 1 saturated heterocycles. The Kier molecular flexibility index (Phi) is 4.22. The Hall–Kier alpha value is -1.53. The van der Waals surface area contributed by atoms with E-state index in [0.717, 1.165) is 41.6 Å². The second-order valence-corrected chi connectivity index (χ2v) is 5.64. The molecule has 5 nitrogen and oxygen atoms in total. The number of rotatable bonds is 3. The molecule has 1 fully saturated rings. The predicted molar refractivity (Wildman–Crippen MR) is 82.9 cm³/mol. The van der Waals surface area contributed by atoms with Crippen LogP contribution in [0.5, 0.6) is 0 Å². The maximum absolute atomic E-state index is 5.31. The van der Waals surface area contributed by atoms with E-state index in [0.29, 0.717) is 11.7 Å². The van der Waals surface area contributed by atoms with Crippen LogP contribution in [0.25, 0.3) is 11.0 Å². The smallest absolute Gasteiger partial charge is 0.165 e. The molecule has 2 aromatic rings. The van der Waals surface area contributed by atoms with Crippen molar-refractivity contribution in [2.75, 3.05) is 18.6 Å². The van der Waals surface area contributed by atoms with Crippen molar-refractivity contribution in [1.82, 2.24) is 9.97 Å². The number of halogens is 1. The van der Waals surface area contributed by atoms with Gasteiger partial charge in [-0.05, 0) is 31.0 Å². The van der Waals surface area contributed by atoms with Crippen LogP contribution in [0, 0.1) is 5.92 Å². The van der Waals surface area contributed by atoms with Gasteiger partial charge < -0.3 is 4.74 Å². The van der Waals surface area contributed by atoms with Gasteiger partial charge in [0.15, 0.2) is 5.82 Å². The molecule has 0 radical (unpaired) electrons. The van der Waals surface area contributed by atoms with Crippen LogP contribution in [-0.2, 0) is 4.74 Å². The molecule has 104 valence electrons. The van der Waals surface area contributed by atoms with Crippen LogP contribution in [0.1, 0.15) is 12.8 Å². The largest absolute Gasteiger partial charge is 0.381 e. The molecular formula is C14H15BrN4O. The van der Waals surface area contributed by atoms with Crippen LogP contribution in [-0.4, -0.2) is 29.4 Å². The van der Waals surface area contributed by atoms with Crippen LogP contribution in [0.2, 0.25) is 0 Å². The van der Waals surface area contributed by atoms with Gasteiger partial charge in [-0.1, -0.05) is 15.9 Å². The number of hydrogen-bond acceptors (Lipinski definition) is 5. The maximum Gasteiger partial charge on any atom is 0.165 e. The molecule has 6 heteroatoms. The molecule has 0 atom stereocenters. The first-order chi connectivity index (χ1) is 9.81. The second-order valence-electron chi connectivity index (χ2n) is 4.73. The zero-order valence-corrected chi connectivity index (χ0v) is 12.5. The van der Waals surface area contributed by atoms with Gasteiger partial charge in [0.05, 0.1) is 17.2 Å². The molecule has 1 aliphatic rings. The molecule has 2 heterocycles. The predicted octanol–water partition coefficient (Wildman–Crippen LogP) is 3.22. The summed E-state index contributed by atoms with van der Waals surface area (Å²) in [7, 11) is 0. The van der Waals surface area contributed by atoms with Crippen molar-refractivity contribution >= 4 is 39.0 Å². The monoisotopic (exact) mass is 334 g/mol. The number of fused-ring (bicyclic) bond motifs is 1. The highest BCUT2D eigenvalue weighted by atomic mass is 79.9. The van der Waals surface area contributed by atoms with E-state index in [2.05, 4.69) is 36.4 Å². The maximum atomic E-state index is 5.31. The van der Waals surface area contributed by atoms with Gasteiger partial charge in [0.1, 0.15) is 0 Å². The van der Waals surface area contributed by atoms with Crippen LogP contribution >= 0.6 is 15.9 Å². The van der Waals surface area contributed by atoms with Gasteiger partial charge in [-0.25, -0.2) is 4.98 Å². The Bertz CT molecular complexity index is 626. The number of hydrazone groups is 1. The lowest BCUT2D eigenvalue weighted by atomic mass is 10.0. The molecule has 3 rings (SSSR count). The number of benzene rings is 1. The molecule has 0 unspecified atom stereocenters. The summed E-state index contributed by atoms with van der Waals surface area (Å²) in [6, 6.07) is 5.82. The minimum absolute atomic E-state index is 0.485. The lowest BCUT2D eigenvalue weighted by Gasteiger charge is -2.17. The minimum atomic E-state index is 0.485. The summed E-state index contributed by atoms with van der Waals surface area (Å²) in [5.74, 6) is 1.14. The number of nitrogens with one attached hydrogen (secondary N) is 1. The number of ether oxygens (including phenoxy) is 1. The molecule has 0 spiro atoms. The highest BCUT2D eigenvalue weighted by molar-refractivity contribution is 9.10. The zero-order valence-electron chi connectivity index (χ0n) is 10.9. The number of hydrogen-bond donors (Lipinski definition) is 1. The zero-order chi connectivity index (χ0) is 13.8. The third-order valence-electron chi connectivity index (χ3n) is 3.23. The average molecular weight is 335 g/mol. The number of aromatic nitrogens is 2. The third-order valence-corrected chi connectivity index (χ3v) is 3.73. The van der Waals surface area contributed by atoms with Crippen molar-refractivity contribution in [2.45, 2.75) is 12.8 Å². The SMILES string of the molecule is Brc1ccc2ncc(N/N=C/C3CCOCC3)nc2c1. The lowest BCUT2D eigenvalue weighted by Crippen LogP contribution is -2.17. The van der Waals surface area contributed by atoms with Crippen LogP contribution in [0.3, 0.4) is 0 Å². The minimum Gasteiger partial charge on any atom is -0.381 e. The normalized spacial score (nSPS) is 16.9. The van der Waals surface area contributed by atoms with Crippen molar-refractivity contribution in [2.24, 2.45) is 11.0 Å². The molecular weight excluding hydrogens is 320 g/mol. The number of nitrogens with zero attached hydrogens (tertiary/aromatic N) is 3. The standard InChI is InChI=1S/C14H15BrN4O/c15-11-1-2-12-13(7-11)18-14(9-16-12)19-17-8-10-3-5-20-6-4-10/h1-2,7-10H,3-6H2,(H,18,19)/b17-8+. The first-order valence-corrected chi connectivity index (χ1v) is 7.40. The van der Waals surface area contributed by atoms with Gasteiger partial charge in [0.2, 0.25) is 0 Å². The fourth-order valence-corrected chi connectivity index (χ4v) is 2.46. The summed E-state index contributed by atoms with van der Waals surface area (Å²) in [5.41, 5.74) is 4.65. The van der Waals surface area contributed by atoms with E-state index in [9.17, 15) is 0 Å². The van der Waals surface area contributed by atoms with E-state index in [1.807, 2.05) is 24.4 Å². The molecule has 20 heavy (non-hydrogen) atoms. The topological polar surface area (TPSA) is 59.4 Å². The van der Waals surface area contributed by atoms with Gasteiger partial charge in [-0.15, -0.1) is 0 Å². The first-order valence-electron chi connectivity index (χ1n) is 6.60. The van der Waals surface area contributed by atoms with Gasteiger partial charge in [0, 0.05) is 29.8 Å². The Labute approximate surface area is 125 Å². The average Bonchev–Trinajstić information content (AvgIpc) is 2.48. The van der Waals surface area contributed by atoms with Gasteiger partial charge in [-0.3, -0.25) is 10.4 Å². The summed E-state index contributed by atoms with van der Waals surface area (Å²) in [5, 5.41) is 4.25. The van der Waals surface area contributed by atoms with Crippen molar-refractivity contribution in [3.05, 3.63) is 28.9 Å². The summed E-state index contributed by atoms with van der Waals surface area (Å²) in [6.45, 7) is 1.64. The summed E-state index contributed by atoms with van der Waals surface area (Å²) < 4.78 is 6.30. The van der Waals surface area contributed by atoms with Crippen LogP contribution in [0.15, 0.2) is 34.0 Å². The van der Waals surface area contributed by atoms with Crippen molar-refractivity contribution in [3.63, 3.8) is 0 Å². The summed E-state index contributed by atoms with van der Waals surface area (Å²) in [6.07, 6.45) is 5.69. The van der Waals surface area contributed by atoms with Crippen molar-refractivity contribution in [3.8, 4) is 0 Å². The molecule has 0 aliphatic carbocycles.